The molecule has 1 unspecified atom stereocenters. The van der Waals surface area contributed by atoms with Gasteiger partial charge < -0.3 is 9.84 Å². The van der Waals surface area contributed by atoms with E-state index in [1.54, 1.807) is 0 Å². The van der Waals surface area contributed by atoms with Crippen molar-refractivity contribution in [3.05, 3.63) is 21.3 Å². The largest absolute Gasteiger partial charge is 0.390 e. The summed E-state index contributed by atoms with van der Waals surface area (Å²) in [5.74, 6) is 0. The van der Waals surface area contributed by atoms with Gasteiger partial charge in [0.05, 0.1) is 16.0 Å². The molecule has 0 aliphatic heterocycles. The zero-order chi connectivity index (χ0) is 12.9. The van der Waals surface area contributed by atoms with Gasteiger partial charge in [0.25, 0.3) is 0 Å². The predicted octanol–water partition coefficient (Wildman–Crippen LogP) is 3.90. The predicted molar refractivity (Wildman–Crippen MR) is 74.0 cm³/mol. The van der Waals surface area contributed by atoms with Crippen LogP contribution in [0.25, 0.3) is 0 Å². The Hall–Kier alpha value is -0.0900. The Balaban J connectivity index is 2.74. The highest BCUT2D eigenvalue weighted by atomic mass is 35.5. The summed E-state index contributed by atoms with van der Waals surface area (Å²) in [5.41, 5.74) is -0.425. The molecular formula is C13H21ClO2S. The fraction of sp³-hybridized carbons (Fsp3) is 0.692. The molecule has 0 aliphatic carbocycles. The molecule has 1 rings (SSSR count). The first-order valence-corrected chi connectivity index (χ1v) is 7.33. The quantitative estimate of drug-likeness (QED) is 0.818. The molecule has 0 aliphatic rings. The van der Waals surface area contributed by atoms with Crippen LogP contribution in [0.5, 0.6) is 0 Å². The minimum atomic E-state index is -0.479. The van der Waals surface area contributed by atoms with E-state index in [1.807, 2.05) is 19.1 Å². The number of halogens is 1. The molecule has 1 heterocycles. The Bertz CT molecular complexity index is 334. The molecular weight excluding hydrogens is 256 g/mol. The number of hydrogen-bond donors (Lipinski definition) is 1. The van der Waals surface area contributed by atoms with Gasteiger partial charge in [0, 0.05) is 17.9 Å². The minimum absolute atomic E-state index is 0.425. The number of ether oxygens (including phenoxy) is 1. The lowest BCUT2D eigenvalue weighted by Crippen LogP contribution is -2.45. The Labute approximate surface area is 113 Å². The van der Waals surface area contributed by atoms with Gasteiger partial charge >= 0.3 is 0 Å². The zero-order valence-electron chi connectivity index (χ0n) is 10.7. The van der Waals surface area contributed by atoms with Gasteiger partial charge in [0.15, 0.2) is 0 Å². The van der Waals surface area contributed by atoms with E-state index in [0.29, 0.717) is 13.0 Å². The molecule has 1 aromatic rings. The lowest BCUT2D eigenvalue weighted by Gasteiger charge is -2.36. The number of thiophene rings is 1. The molecule has 0 amide bonds. The fourth-order valence-corrected chi connectivity index (χ4v) is 3.27. The van der Waals surface area contributed by atoms with Gasteiger partial charge in [-0.2, -0.15) is 0 Å². The van der Waals surface area contributed by atoms with Crippen LogP contribution >= 0.6 is 22.9 Å². The van der Waals surface area contributed by atoms with Crippen molar-refractivity contribution in [2.45, 2.75) is 51.7 Å². The van der Waals surface area contributed by atoms with Gasteiger partial charge in [-0.15, -0.1) is 11.3 Å². The first-order valence-electron chi connectivity index (χ1n) is 6.14. The summed E-state index contributed by atoms with van der Waals surface area (Å²) in [7, 11) is 0. The first-order chi connectivity index (χ1) is 8.07. The van der Waals surface area contributed by atoms with Crippen LogP contribution < -0.4 is 0 Å². The molecule has 2 nitrogen and oxygen atoms in total. The normalized spacial score (nSPS) is 13.9. The van der Waals surface area contributed by atoms with E-state index >= 15 is 0 Å². The molecule has 1 aromatic heterocycles. The zero-order valence-corrected chi connectivity index (χ0v) is 12.3. The summed E-state index contributed by atoms with van der Waals surface area (Å²) in [5, 5.41) is 10.4. The van der Waals surface area contributed by atoms with Crippen molar-refractivity contribution in [1.29, 1.82) is 0 Å². The molecule has 0 saturated heterocycles. The lowest BCUT2D eigenvalue weighted by atomic mass is 9.88. The number of hydrogen-bond acceptors (Lipinski definition) is 3. The monoisotopic (exact) mass is 276 g/mol. The Morgan fingerprint density at radius 3 is 2.41 bits per heavy atom. The highest BCUT2D eigenvalue weighted by Gasteiger charge is 2.35. The topological polar surface area (TPSA) is 29.5 Å². The average Bonchev–Trinajstić information content (AvgIpc) is 2.71. The first kappa shape index (κ1) is 15.0. The van der Waals surface area contributed by atoms with Gasteiger partial charge in [0.1, 0.15) is 0 Å². The van der Waals surface area contributed by atoms with E-state index < -0.39 is 11.7 Å². The fourth-order valence-electron chi connectivity index (χ4n) is 2.15. The molecule has 98 valence electrons. The summed E-state index contributed by atoms with van der Waals surface area (Å²) >= 11 is 7.41. The third-order valence-electron chi connectivity index (χ3n) is 3.26. The van der Waals surface area contributed by atoms with Crippen molar-refractivity contribution < 1.29 is 9.84 Å². The maximum atomic E-state index is 10.4. The second kappa shape index (κ2) is 6.74. The standard InChI is InChI=1S/C13H21ClO2S/c1-4-13(5-2,16-6-3)11(15)9-10-7-8-12(14)17-10/h7-8,11,15H,4-6,9H2,1-3H3. The van der Waals surface area contributed by atoms with E-state index in [0.717, 1.165) is 22.1 Å². The van der Waals surface area contributed by atoms with Crippen molar-refractivity contribution in [1.82, 2.24) is 0 Å². The van der Waals surface area contributed by atoms with Gasteiger partial charge in [-0.25, -0.2) is 0 Å². The summed E-state index contributed by atoms with van der Waals surface area (Å²) < 4.78 is 6.56. The number of rotatable bonds is 7. The van der Waals surface area contributed by atoms with Crippen LogP contribution in [0.15, 0.2) is 12.1 Å². The smallest absolute Gasteiger partial charge is 0.0938 e. The summed E-state index contributed by atoms with van der Waals surface area (Å²) in [6.07, 6.45) is 1.76. The van der Waals surface area contributed by atoms with Crippen LogP contribution in [0, 0.1) is 0 Å². The third kappa shape index (κ3) is 3.68. The number of aliphatic hydroxyl groups excluding tert-OH is 1. The maximum absolute atomic E-state index is 10.4. The molecule has 0 fully saturated rings. The highest BCUT2D eigenvalue weighted by Crippen LogP contribution is 2.30. The van der Waals surface area contributed by atoms with Crippen molar-refractivity contribution in [2.75, 3.05) is 6.61 Å². The Morgan fingerprint density at radius 1 is 1.35 bits per heavy atom. The van der Waals surface area contributed by atoms with Gasteiger partial charge in [-0.3, -0.25) is 0 Å². The molecule has 17 heavy (non-hydrogen) atoms. The van der Waals surface area contributed by atoms with E-state index in [-0.39, 0.29) is 0 Å². The molecule has 0 radical (unpaired) electrons. The lowest BCUT2D eigenvalue weighted by molar-refractivity contribution is -0.124. The Morgan fingerprint density at radius 2 is 2.00 bits per heavy atom. The van der Waals surface area contributed by atoms with Gasteiger partial charge in [0.2, 0.25) is 0 Å². The minimum Gasteiger partial charge on any atom is -0.390 e. The molecule has 0 saturated carbocycles. The molecule has 1 N–H and O–H groups in total. The van der Waals surface area contributed by atoms with E-state index in [4.69, 9.17) is 16.3 Å². The van der Waals surface area contributed by atoms with Crippen LogP contribution in [0.3, 0.4) is 0 Å². The molecule has 0 bridgehead atoms. The number of aliphatic hydroxyl groups is 1. The van der Waals surface area contributed by atoms with Crippen LogP contribution in [0.2, 0.25) is 4.34 Å². The highest BCUT2D eigenvalue weighted by molar-refractivity contribution is 7.16. The molecule has 4 heteroatoms. The van der Waals surface area contributed by atoms with Crippen molar-refractivity contribution >= 4 is 22.9 Å². The van der Waals surface area contributed by atoms with Crippen LogP contribution in [0.1, 0.15) is 38.5 Å². The van der Waals surface area contributed by atoms with Gasteiger partial charge in [-0.05, 0) is 31.9 Å². The van der Waals surface area contributed by atoms with Crippen molar-refractivity contribution in [3.63, 3.8) is 0 Å². The van der Waals surface area contributed by atoms with E-state index in [9.17, 15) is 5.11 Å². The Kier molecular flexibility index (Phi) is 5.93. The van der Waals surface area contributed by atoms with Gasteiger partial charge in [-0.1, -0.05) is 25.4 Å². The molecule has 1 atom stereocenters. The van der Waals surface area contributed by atoms with Crippen LogP contribution in [-0.4, -0.2) is 23.4 Å². The molecule has 0 spiro atoms. The molecule has 0 aromatic carbocycles. The van der Waals surface area contributed by atoms with Crippen LogP contribution in [-0.2, 0) is 11.2 Å². The average molecular weight is 277 g/mol. The maximum Gasteiger partial charge on any atom is 0.0938 e. The van der Waals surface area contributed by atoms with Crippen molar-refractivity contribution in [2.24, 2.45) is 0 Å². The summed E-state index contributed by atoms with van der Waals surface area (Å²) in [6.45, 7) is 6.71. The second-order valence-corrected chi connectivity index (χ2v) is 5.93. The SMILES string of the molecule is CCOC(CC)(CC)C(O)Cc1ccc(Cl)s1. The second-order valence-electron chi connectivity index (χ2n) is 4.13. The van der Waals surface area contributed by atoms with Crippen molar-refractivity contribution in [3.8, 4) is 0 Å². The van der Waals surface area contributed by atoms with E-state index in [1.165, 1.54) is 11.3 Å². The van der Waals surface area contributed by atoms with E-state index in [2.05, 4.69) is 13.8 Å². The summed E-state index contributed by atoms with van der Waals surface area (Å²) in [4.78, 5) is 1.11. The third-order valence-corrected chi connectivity index (χ3v) is 4.51. The van der Waals surface area contributed by atoms with Crippen LogP contribution in [0.4, 0.5) is 0 Å². The summed E-state index contributed by atoms with van der Waals surface area (Å²) in [6, 6.07) is 3.84.